The van der Waals surface area contributed by atoms with Gasteiger partial charge in [-0.2, -0.15) is 8.42 Å². The second kappa shape index (κ2) is 6.63. The van der Waals surface area contributed by atoms with Gasteiger partial charge in [-0.3, -0.25) is 4.18 Å². The van der Waals surface area contributed by atoms with Crippen molar-refractivity contribution in [2.24, 2.45) is 0 Å². The molecule has 0 spiro atoms. The van der Waals surface area contributed by atoms with Crippen LogP contribution in [0.2, 0.25) is 5.22 Å². The van der Waals surface area contributed by atoms with Crippen LogP contribution in [0.25, 0.3) is 0 Å². The highest BCUT2D eigenvalue weighted by Gasteiger charge is 2.23. The van der Waals surface area contributed by atoms with Crippen LogP contribution in [0.5, 0.6) is 0 Å². The summed E-state index contributed by atoms with van der Waals surface area (Å²) < 4.78 is 34.6. The molecule has 1 aromatic carbocycles. The summed E-state index contributed by atoms with van der Waals surface area (Å²) in [5.74, 6) is 0.513. The largest absolute Gasteiger partial charge is 0.428 e. The Kier molecular flexibility index (Phi) is 5.18. The van der Waals surface area contributed by atoms with E-state index in [1.807, 2.05) is 27.7 Å². The van der Waals surface area contributed by atoms with E-state index in [9.17, 15) is 8.42 Å². The summed E-state index contributed by atoms with van der Waals surface area (Å²) in [6.45, 7) is 7.70. The number of hydrogen-bond acceptors (Lipinski definition) is 5. The van der Waals surface area contributed by atoms with Crippen molar-refractivity contribution in [1.82, 2.24) is 4.98 Å². The molecule has 0 aliphatic carbocycles. The number of benzene rings is 1. The molecule has 0 saturated heterocycles. The Morgan fingerprint density at radius 1 is 1.22 bits per heavy atom. The van der Waals surface area contributed by atoms with Crippen molar-refractivity contribution in [3.8, 4) is 0 Å². The molecule has 23 heavy (non-hydrogen) atoms. The summed E-state index contributed by atoms with van der Waals surface area (Å²) >= 11 is 6.00. The molecule has 2 aromatic rings. The molecular weight excluding hydrogens is 338 g/mol. The molecule has 0 unspecified atom stereocenters. The molecule has 1 aromatic heterocycles. The lowest BCUT2D eigenvalue weighted by atomic mass is 9.97. The van der Waals surface area contributed by atoms with Gasteiger partial charge in [0.25, 0.3) is 10.1 Å². The third-order valence-corrected chi connectivity index (χ3v) is 4.80. The molecule has 0 saturated carbocycles. The van der Waals surface area contributed by atoms with Gasteiger partial charge in [-0.1, -0.05) is 38.5 Å². The summed E-state index contributed by atoms with van der Waals surface area (Å²) in [6, 6.07) is 6.48. The van der Waals surface area contributed by atoms with Crippen molar-refractivity contribution in [2.75, 3.05) is 6.61 Å². The first-order valence-corrected chi connectivity index (χ1v) is 9.00. The van der Waals surface area contributed by atoms with Crippen molar-refractivity contribution in [3.05, 3.63) is 46.6 Å². The molecule has 126 valence electrons. The Morgan fingerprint density at radius 2 is 1.83 bits per heavy atom. The van der Waals surface area contributed by atoms with Crippen LogP contribution in [0.15, 0.2) is 33.6 Å². The van der Waals surface area contributed by atoms with Gasteiger partial charge in [-0.05, 0) is 30.7 Å². The SMILES string of the molecule is Cc1ccc(S(=O)(=O)OCCc2nc(C(C)(C)C)oc2Cl)cc1. The number of aryl methyl sites for hydroxylation is 1. The first-order valence-electron chi connectivity index (χ1n) is 7.21. The Balaban J connectivity index is 2.02. The summed E-state index contributed by atoms with van der Waals surface area (Å²) in [6.07, 6.45) is 0.253. The maximum Gasteiger partial charge on any atom is 0.296 e. The zero-order valence-corrected chi connectivity index (χ0v) is 15.2. The van der Waals surface area contributed by atoms with Crippen molar-refractivity contribution < 1.29 is 17.0 Å². The Morgan fingerprint density at radius 3 is 2.35 bits per heavy atom. The lowest BCUT2D eigenvalue weighted by Crippen LogP contribution is -2.12. The van der Waals surface area contributed by atoms with E-state index in [0.29, 0.717) is 11.6 Å². The van der Waals surface area contributed by atoms with Crippen molar-refractivity contribution in [2.45, 2.75) is 44.4 Å². The van der Waals surface area contributed by atoms with Crippen LogP contribution >= 0.6 is 11.6 Å². The van der Waals surface area contributed by atoms with Crippen LogP contribution in [0.4, 0.5) is 0 Å². The lowest BCUT2D eigenvalue weighted by Gasteiger charge is -2.11. The predicted octanol–water partition coefficient (Wildman–Crippen LogP) is 3.88. The first kappa shape index (κ1) is 18.0. The van der Waals surface area contributed by atoms with Gasteiger partial charge in [0.15, 0.2) is 0 Å². The smallest absolute Gasteiger partial charge is 0.296 e. The molecule has 0 radical (unpaired) electrons. The topological polar surface area (TPSA) is 69.4 Å². The molecule has 1 heterocycles. The second-order valence-electron chi connectivity index (χ2n) is 6.33. The van der Waals surface area contributed by atoms with Crippen LogP contribution in [0.1, 0.15) is 37.9 Å². The van der Waals surface area contributed by atoms with Crippen LogP contribution in [0, 0.1) is 6.92 Å². The third kappa shape index (κ3) is 4.56. The molecular formula is C16H20ClNO4S. The molecule has 2 rings (SSSR count). The van der Waals surface area contributed by atoms with E-state index < -0.39 is 10.1 Å². The number of nitrogens with zero attached hydrogens (tertiary/aromatic N) is 1. The van der Waals surface area contributed by atoms with Crippen LogP contribution in [-0.4, -0.2) is 20.0 Å². The second-order valence-corrected chi connectivity index (χ2v) is 8.29. The van der Waals surface area contributed by atoms with Crippen LogP contribution < -0.4 is 0 Å². The van der Waals surface area contributed by atoms with Crippen molar-refractivity contribution >= 4 is 21.7 Å². The number of oxazole rings is 1. The Hall–Kier alpha value is -1.37. The molecule has 0 fully saturated rings. The summed E-state index contributed by atoms with van der Waals surface area (Å²) in [5, 5.41) is 0.172. The maximum absolute atomic E-state index is 12.1. The van der Waals surface area contributed by atoms with E-state index in [1.165, 1.54) is 12.1 Å². The molecule has 0 aliphatic rings. The van der Waals surface area contributed by atoms with Gasteiger partial charge in [0.2, 0.25) is 11.1 Å². The van der Waals surface area contributed by atoms with E-state index in [4.69, 9.17) is 20.2 Å². The normalized spacial score (nSPS) is 12.6. The average molecular weight is 358 g/mol. The zero-order valence-electron chi connectivity index (χ0n) is 13.6. The monoisotopic (exact) mass is 357 g/mol. The van der Waals surface area contributed by atoms with Gasteiger partial charge >= 0.3 is 0 Å². The molecule has 0 atom stereocenters. The fraction of sp³-hybridized carbons (Fsp3) is 0.438. The molecule has 0 bridgehead atoms. The third-order valence-electron chi connectivity index (χ3n) is 3.18. The highest BCUT2D eigenvalue weighted by Crippen LogP contribution is 2.27. The minimum Gasteiger partial charge on any atom is -0.428 e. The number of hydrogen-bond donors (Lipinski definition) is 0. The van der Waals surface area contributed by atoms with Gasteiger partial charge in [0, 0.05) is 11.8 Å². The summed E-state index contributed by atoms with van der Waals surface area (Å²) in [7, 11) is -3.78. The Labute approximate surface area is 141 Å². The van der Waals surface area contributed by atoms with E-state index in [0.717, 1.165) is 5.56 Å². The zero-order chi connectivity index (χ0) is 17.3. The van der Waals surface area contributed by atoms with Crippen molar-refractivity contribution in [1.29, 1.82) is 0 Å². The average Bonchev–Trinajstić information content (AvgIpc) is 2.81. The van der Waals surface area contributed by atoms with Crippen LogP contribution in [0.3, 0.4) is 0 Å². The number of aromatic nitrogens is 1. The van der Waals surface area contributed by atoms with Gasteiger partial charge in [-0.25, -0.2) is 4.98 Å². The summed E-state index contributed by atoms with van der Waals surface area (Å²) in [4.78, 5) is 4.44. The predicted molar refractivity (Wildman–Crippen MR) is 88.2 cm³/mol. The quantitative estimate of drug-likeness (QED) is 0.759. The summed E-state index contributed by atoms with van der Waals surface area (Å²) in [5.41, 5.74) is 1.21. The van der Waals surface area contributed by atoms with Crippen molar-refractivity contribution in [3.63, 3.8) is 0 Å². The molecule has 5 nitrogen and oxygen atoms in total. The molecule has 0 N–H and O–H groups in total. The minimum atomic E-state index is -3.78. The van der Waals surface area contributed by atoms with E-state index in [2.05, 4.69) is 4.98 Å². The molecule has 7 heteroatoms. The van der Waals surface area contributed by atoms with Gasteiger partial charge in [-0.15, -0.1) is 0 Å². The number of halogens is 1. The lowest BCUT2D eigenvalue weighted by molar-refractivity contribution is 0.320. The highest BCUT2D eigenvalue weighted by molar-refractivity contribution is 7.86. The van der Waals surface area contributed by atoms with Gasteiger partial charge in [0.05, 0.1) is 11.5 Å². The Bertz CT molecular complexity index is 773. The standard InChI is InChI=1S/C16H20ClNO4S/c1-11-5-7-12(8-6-11)23(19,20)21-10-9-13-14(17)22-15(18-13)16(2,3)4/h5-8H,9-10H2,1-4H3. The van der Waals surface area contributed by atoms with E-state index in [-0.39, 0.29) is 28.6 Å². The van der Waals surface area contributed by atoms with Gasteiger partial charge < -0.3 is 4.42 Å². The fourth-order valence-corrected chi connectivity index (χ4v) is 2.95. The minimum absolute atomic E-state index is 0.0496. The van der Waals surface area contributed by atoms with Crippen LogP contribution in [-0.2, 0) is 26.1 Å². The number of rotatable bonds is 5. The first-order chi connectivity index (χ1) is 10.6. The molecule has 0 amide bonds. The fourth-order valence-electron chi connectivity index (χ4n) is 1.83. The van der Waals surface area contributed by atoms with Gasteiger partial charge in [0.1, 0.15) is 5.69 Å². The molecule has 0 aliphatic heterocycles. The van der Waals surface area contributed by atoms with E-state index in [1.54, 1.807) is 12.1 Å². The highest BCUT2D eigenvalue weighted by atomic mass is 35.5. The van der Waals surface area contributed by atoms with E-state index >= 15 is 0 Å². The maximum atomic E-state index is 12.1.